The predicted octanol–water partition coefficient (Wildman–Crippen LogP) is 5.77. The van der Waals surface area contributed by atoms with Gasteiger partial charge in [-0.3, -0.25) is 0 Å². The fourth-order valence-electron chi connectivity index (χ4n) is 2.28. The number of carboxylic acids is 1. The molecule has 0 aliphatic rings. The van der Waals surface area contributed by atoms with Crippen molar-refractivity contribution < 1.29 is 45.7 Å². The summed E-state index contributed by atoms with van der Waals surface area (Å²) in [7, 11) is 0. The Morgan fingerprint density at radius 2 is 1.70 bits per heavy atom. The Morgan fingerprint density at radius 3 is 2.27 bits per heavy atom. The van der Waals surface area contributed by atoms with Crippen LogP contribution in [0.4, 0.5) is 26.3 Å². The number of benzene rings is 2. The quantitative estimate of drug-likeness (QED) is 0.309. The van der Waals surface area contributed by atoms with Crippen molar-refractivity contribution in [3.63, 3.8) is 0 Å². The number of rotatable bonds is 9. The van der Waals surface area contributed by atoms with E-state index >= 15 is 0 Å². The van der Waals surface area contributed by atoms with Gasteiger partial charge >= 0.3 is 18.3 Å². The minimum Gasteiger partial charge on any atom is -0.491 e. The first-order valence-corrected chi connectivity index (χ1v) is 8.54. The normalized spacial score (nSPS) is 12.2. The lowest BCUT2D eigenvalue weighted by molar-refractivity contribution is -0.185. The molecule has 0 atom stereocenters. The highest BCUT2D eigenvalue weighted by Crippen LogP contribution is 2.33. The molecule has 0 radical (unpaired) electrons. The first kappa shape index (κ1) is 23.1. The largest absolute Gasteiger partial charge is 0.491 e. The van der Waals surface area contributed by atoms with E-state index in [0.717, 1.165) is 30.3 Å². The number of halogens is 6. The molecule has 0 aromatic heterocycles. The average molecular weight is 434 g/mol. The smallest absolute Gasteiger partial charge is 0.426 e. The van der Waals surface area contributed by atoms with Crippen molar-refractivity contribution in [3.05, 3.63) is 65.5 Å². The molecule has 10 heteroatoms. The van der Waals surface area contributed by atoms with Gasteiger partial charge in [-0.05, 0) is 42.3 Å². The molecule has 0 saturated carbocycles. The minimum absolute atomic E-state index is 0.370. The van der Waals surface area contributed by atoms with E-state index in [9.17, 15) is 31.1 Å². The zero-order valence-corrected chi connectivity index (χ0v) is 15.3. The number of hydrogen-bond donors (Lipinski definition) is 1. The maximum Gasteiger partial charge on any atom is 0.426 e. The Hall–Kier alpha value is -3.17. The van der Waals surface area contributed by atoms with E-state index in [-0.39, 0.29) is 12.2 Å². The van der Waals surface area contributed by atoms with Crippen LogP contribution >= 0.6 is 0 Å². The van der Waals surface area contributed by atoms with Crippen molar-refractivity contribution in [3.8, 4) is 11.5 Å². The SMILES string of the molecule is O=C(O)C=Cc1ccc(C(F)(F)Oc2ccc(OCCCC(F)(F)F)c(F)c2)cc1. The van der Waals surface area contributed by atoms with Gasteiger partial charge in [0.25, 0.3) is 0 Å². The molecule has 2 aromatic rings. The summed E-state index contributed by atoms with van der Waals surface area (Å²) < 4.78 is 88.1. The molecule has 0 unspecified atom stereocenters. The molecule has 0 fully saturated rings. The van der Waals surface area contributed by atoms with E-state index in [2.05, 4.69) is 4.74 Å². The number of carboxylic acid groups (broad SMARTS) is 1. The van der Waals surface area contributed by atoms with Crippen LogP contribution in [-0.2, 0) is 10.9 Å². The van der Waals surface area contributed by atoms with Gasteiger partial charge in [-0.2, -0.15) is 22.0 Å². The third-order valence-corrected chi connectivity index (χ3v) is 3.68. The summed E-state index contributed by atoms with van der Waals surface area (Å²) in [6.07, 6.45) is -7.58. The molecule has 162 valence electrons. The van der Waals surface area contributed by atoms with Crippen molar-refractivity contribution >= 4 is 12.0 Å². The molecule has 0 aliphatic carbocycles. The van der Waals surface area contributed by atoms with Crippen LogP contribution in [0.15, 0.2) is 48.5 Å². The molecule has 0 saturated heterocycles. The Bertz CT molecular complexity index is 891. The van der Waals surface area contributed by atoms with Gasteiger partial charge in [-0.1, -0.05) is 12.1 Å². The third-order valence-electron chi connectivity index (χ3n) is 3.68. The van der Waals surface area contributed by atoms with Gasteiger partial charge in [0.05, 0.1) is 12.2 Å². The van der Waals surface area contributed by atoms with Gasteiger partial charge in [0.2, 0.25) is 0 Å². The van der Waals surface area contributed by atoms with Gasteiger partial charge in [0, 0.05) is 18.6 Å². The first-order valence-electron chi connectivity index (χ1n) is 8.54. The highest BCUT2D eigenvalue weighted by Gasteiger charge is 2.34. The van der Waals surface area contributed by atoms with Crippen LogP contribution < -0.4 is 9.47 Å². The monoisotopic (exact) mass is 434 g/mol. The van der Waals surface area contributed by atoms with Crippen LogP contribution in [0.2, 0.25) is 0 Å². The van der Waals surface area contributed by atoms with Crippen molar-refractivity contribution in [2.45, 2.75) is 25.1 Å². The number of carbonyl (C=O) groups is 1. The molecule has 1 N–H and O–H groups in total. The predicted molar refractivity (Wildman–Crippen MR) is 94.8 cm³/mol. The van der Waals surface area contributed by atoms with Crippen LogP contribution in [0.1, 0.15) is 24.0 Å². The minimum atomic E-state index is -4.35. The van der Waals surface area contributed by atoms with Crippen molar-refractivity contribution in [2.24, 2.45) is 0 Å². The maximum absolute atomic E-state index is 14.3. The van der Waals surface area contributed by atoms with E-state index in [1.807, 2.05) is 0 Å². The van der Waals surface area contributed by atoms with E-state index in [1.165, 1.54) is 18.2 Å². The van der Waals surface area contributed by atoms with Gasteiger partial charge in [-0.25, -0.2) is 9.18 Å². The maximum atomic E-state index is 14.3. The van der Waals surface area contributed by atoms with E-state index in [0.29, 0.717) is 11.6 Å². The highest BCUT2D eigenvalue weighted by atomic mass is 19.4. The fourth-order valence-corrected chi connectivity index (χ4v) is 2.28. The second-order valence-corrected chi connectivity index (χ2v) is 6.07. The van der Waals surface area contributed by atoms with Crippen molar-refractivity contribution in [2.75, 3.05) is 6.61 Å². The van der Waals surface area contributed by atoms with Crippen LogP contribution in [-0.4, -0.2) is 23.9 Å². The molecule has 2 aromatic carbocycles. The summed E-state index contributed by atoms with van der Waals surface area (Å²) in [6, 6.07) is 7.17. The molecule has 0 aliphatic heterocycles. The average Bonchev–Trinajstić information content (AvgIpc) is 2.64. The lowest BCUT2D eigenvalue weighted by Crippen LogP contribution is -2.21. The zero-order chi connectivity index (χ0) is 22.4. The number of alkyl halides is 5. The lowest BCUT2D eigenvalue weighted by Gasteiger charge is -2.19. The van der Waals surface area contributed by atoms with Gasteiger partial charge < -0.3 is 14.6 Å². The zero-order valence-electron chi connectivity index (χ0n) is 15.3. The van der Waals surface area contributed by atoms with Crippen LogP contribution in [0.3, 0.4) is 0 Å². The number of aliphatic carboxylic acids is 1. The second-order valence-electron chi connectivity index (χ2n) is 6.07. The Balaban J connectivity index is 2.00. The Morgan fingerprint density at radius 1 is 1.03 bits per heavy atom. The van der Waals surface area contributed by atoms with Crippen LogP contribution in [0, 0.1) is 5.82 Å². The van der Waals surface area contributed by atoms with E-state index in [4.69, 9.17) is 9.84 Å². The molecular weight excluding hydrogens is 418 g/mol. The standard InChI is InChI=1S/C20H16F6O4/c21-16-12-15(7-8-17(16)29-11-1-10-19(22,23)24)30-20(25,26)14-5-2-13(3-6-14)4-9-18(27)28/h2-9,12H,1,10-11H2,(H,27,28). The van der Waals surface area contributed by atoms with Crippen LogP contribution in [0.5, 0.6) is 11.5 Å². The topological polar surface area (TPSA) is 55.8 Å². The van der Waals surface area contributed by atoms with Crippen molar-refractivity contribution in [1.29, 1.82) is 0 Å². The molecule has 30 heavy (non-hydrogen) atoms. The Kier molecular flexibility index (Phi) is 7.36. The molecule has 0 heterocycles. The lowest BCUT2D eigenvalue weighted by atomic mass is 10.1. The highest BCUT2D eigenvalue weighted by molar-refractivity contribution is 5.85. The van der Waals surface area contributed by atoms with E-state index in [1.54, 1.807) is 0 Å². The summed E-state index contributed by atoms with van der Waals surface area (Å²) in [6.45, 7) is -0.393. The molecule has 0 amide bonds. The van der Waals surface area contributed by atoms with Gasteiger partial charge in [0.1, 0.15) is 5.75 Å². The fraction of sp³-hybridized carbons (Fsp3) is 0.250. The molecule has 4 nitrogen and oxygen atoms in total. The van der Waals surface area contributed by atoms with E-state index < -0.39 is 48.4 Å². The summed E-state index contributed by atoms with van der Waals surface area (Å²) in [5.74, 6) is -3.16. The molecule has 2 rings (SSSR count). The number of ether oxygens (including phenoxy) is 2. The summed E-state index contributed by atoms with van der Waals surface area (Å²) in [4.78, 5) is 10.5. The summed E-state index contributed by atoms with van der Waals surface area (Å²) in [5.41, 5.74) is -0.183. The van der Waals surface area contributed by atoms with Crippen molar-refractivity contribution in [1.82, 2.24) is 0 Å². The molecule has 0 spiro atoms. The van der Waals surface area contributed by atoms with Gasteiger partial charge in [-0.15, -0.1) is 0 Å². The molecular formula is C20H16F6O4. The summed E-state index contributed by atoms with van der Waals surface area (Å²) >= 11 is 0. The summed E-state index contributed by atoms with van der Waals surface area (Å²) in [5, 5.41) is 8.55. The van der Waals surface area contributed by atoms with Crippen LogP contribution in [0.25, 0.3) is 6.08 Å². The first-order chi connectivity index (χ1) is 14.0. The Labute approximate surface area is 167 Å². The second kappa shape index (κ2) is 9.55. The third kappa shape index (κ3) is 7.34. The van der Waals surface area contributed by atoms with Gasteiger partial charge in [0.15, 0.2) is 11.6 Å². The molecule has 0 bridgehead atoms. The number of hydrogen-bond acceptors (Lipinski definition) is 3.